The number of para-hydroxylation sites is 1. The van der Waals surface area contributed by atoms with Crippen molar-refractivity contribution in [1.29, 1.82) is 0 Å². The molecule has 1 fully saturated rings. The quantitative estimate of drug-likeness (QED) is 0.524. The maximum atomic E-state index is 12.9. The van der Waals surface area contributed by atoms with Gasteiger partial charge in [-0.15, -0.1) is 0 Å². The molecule has 0 atom stereocenters. The van der Waals surface area contributed by atoms with Crippen molar-refractivity contribution in [1.82, 2.24) is 14.1 Å². The predicted molar refractivity (Wildman–Crippen MR) is 114 cm³/mol. The second kappa shape index (κ2) is 9.19. The van der Waals surface area contributed by atoms with Gasteiger partial charge in [0.1, 0.15) is 12.3 Å². The van der Waals surface area contributed by atoms with Crippen LogP contribution in [0.3, 0.4) is 0 Å². The van der Waals surface area contributed by atoms with Gasteiger partial charge < -0.3 is 9.47 Å². The number of carbonyl (C=O) groups excluding carboxylic acids is 1. The molecular formula is C21H20ClN3O5S. The van der Waals surface area contributed by atoms with Crippen LogP contribution in [0.2, 0.25) is 5.02 Å². The zero-order valence-electron chi connectivity index (χ0n) is 16.5. The Balaban J connectivity index is 1.47. The number of hydrogen-bond acceptors (Lipinski definition) is 6. The first kappa shape index (κ1) is 21.5. The van der Waals surface area contributed by atoms with Gasteiger partial charge in [0.15, 0.2) is 0 Å². The molecule has 4 rings (SSSR count). The SMILES string of the molecule is O=C(OCc1ccn(-c2ccccc2)n1)c1cc(S(=O)(=O)N2CCOCC2)ccc1Cl. The second-order valence-corrected chi connectivity index (χ2v) is 9.17. The van der Waals surface area contributed by atoms with E-state index in [9.17, 15) is 13.2 Å². The molecule has 2 heterocycles. The summed E-state index contributed by atoms with van der Waals surface area (Å²) >= 11 is 6.14. The van der Waals surface area contributed by atoms with E-state index in [-0.39, 0.29) is 35.2 Å². The van der Waals surface area contributed by atoms with Crippen LogP contribution in [0, 0.1) is 0 Å². The van der Waals surface area contributed by atoms with Crippen molar-refractivity contribution in [3.63, 3.8) is 0 Å². The van der Waals surface area contributed by atoms with Crippen LogP contribution in [-0.4, -0.2) is 54.8 Å². The fraction of sp³-hybridized carbons (Fsp3) is 0.238. The van der Waals surface area contributed by atoms with Crippen LogP contribution in [0.4, 0.5) is 0 Å². The third kappa shape index (κ3) is 4.80. The fourth-order valence-corrected chi connectivity index (χ4v) is 4.77. The maximum absolute atomic E-state index is 12.9. The zero-order chi connectivity index (χ0) is 21.8. The number of nitrogens with zero attached hydrogens (tertiary/aromatic N) is 3. The molecule has 0 aliphatic carbocycles. The molecule has 0 radical (unpaired) electrons. The van der Waals surface area contributed by atoms with E-state index in [2.05, 4.69) is 5.10 Å². The minimum Gasteiger partial charge on any atom is -0.455 e. The van der Waals surface area contributed by atoms with Gasteiger partial charge in [0.05, 0.1) is 34.4 Å². The van der Waals surface area contributed by atoms with E-state index < -0.39 is 16.0 Å². The van der Waals surface area contributed by atoms with Crippen LogP contribution in [0.15, 0.2) is 65.7 Å². The average molecular weight is 462 g/mol. The smallest absolute Gasteiger partial charge is 0.340 e. The van der Waals surface area contributed by atoms with E-state index in [1.165, 1.54) is 22.5 Å². The van der Waals surface area contributed by atoms with Gasteiger partial charge in [0.2, 0.25) is 10.0 Å². The maximum Gasteiger partial charge on any atom is 0.340 e. The second-order valence-electron chi connectivity index (χ2n) is 6.82. The van der Waals surface area contributed by atoms with Crippen LogP contribution in [-0.2, 0) is 26.1 Å². The van der Waals surface area contributed by atoms with Gasteiger partial charge in [-0.1, -0.05) is 29.8 Å². The summed E-state index contributed by atoms with van der Waals surface area (Å²) in [7, 11) is -3.76. The highest BCUT2D eigenvalue weighted by Crippen LogP contribution is 2.24. The molecule has 1 saturated heterocycles. The summed E-state index contributed by atoms with van der Waals surface area (Å²) < 4.78 is 39.2. The molecule has 0 unspecified atom stereocenters. The third-order valence-electron chi connectivity index (χ3n) is 4.78. The van der Waals surface area contributed by atoms with Gasteiger partial charge in [-0.05, 0) is 36.4 Å². The Morgan fingerprint density at radius 2 is 1.84 bits per heavy atom. The molecule has 0 spiro atoms. The summed E-state index contributed by atoms with van der Waals surface area (Å²) in [6.45, 7) is 1.10. The highest BCUT2D eigenvalue weighted by molar-refractivity contribution is 7.89. The highest BCUT2D eigenvalue weighted by Gasteiger charge is 2.28. The molecule has 1 aliphatic rings. The normalized spacial score (nSPS) is 15.0. The molecule has 162 valence electrons. The minimum absolute atomic E-state index is 0.0147. The summed E-state index contributed by atoms with van der Waals surface area (Å²) in [5, 5.41) is 4.49. The van der Waals surface area contributed by atoms with Gasteiger partial charge in [-0.2, -0.15) is 9.40 Å². The topological polar surface area (TPSA) is 90.7 Å². The number of sulfonamides is 1. The molecule has 0 amide bonds. The van der Waals surface area contributed by atoms with Crippen molar-refractivity contribution in [2.24, 2.45) is 0 Å². The van der Waals surface area contributed by atoms with E-state index in [0.717, 1.165) is 5.69 Å². The van der Waals surface area contributed by atoms with E-state index in [1.807, 2.05) is 30.3 Å². The Hall–Kier alpha value is -2.72. The first-order chi connectivity index (χ1) is 14.9. The lowest BCUT2D eigenvalue weighted by Gasteiger charge is -2.26. The number of carbonyl (C=O) groups is 1. The standard InChI is InChI=1S/C21H20ClN3O5S/c22-20-7-6-18(31(27,28)24-10-12-29-13-11-24)14-19(20)21(26)30-15-16-8-9-25(23-16)17-4-2-1-3-5-17/h1-9,14H,10-13,15H2. The molecule has 10 heteroatoms. The average Bonchev–Trinajstić information content (AvgIpc) is 3.28. The number of halogens is 1. The molecule has 0 saturated carbocycles. The number of esters is 1. The molecule has 1 aromatic heterocycles. The molecular weight excluding hydrogens is 442 g/mol. The Morgan fingerprint density at radius 3 is 2.58 bits per heavy atom. The molecule has 2 aromatic carbocycles. The van der Waals surface area contributed by atoms with Crippen molar-refractivity contribution in [3.05, 3.63) is 77.1 Å². The zero-order valence-corrected chi connectivity index (χ0v) is 18.1. The first-order valence-corrected chi connectivity index (χ1v) is 11.4. The molecule has 8 nitrogen and oxygen atoms in total. The molecule has 31 heavy (non-hydrogen) atoms. The molecule has 3 aromatic rings. The van der Waals surface area contributed by atoms with Crippen molar-refractivity contribution in [2.45, 2.75) is 11.5 Å². The Morgan fingerprint density at radius 1 is 1.10 bits per heavy atom. The minimum atomic E-state index is -3.76. The van der Waals surface area contributed by atoms with Gasteiger partial charge in [-0.25, -0.2) is 17.9 Å². The summed E-state index contributed by atoms with van der Waals surface area (Å²) in [6.07, 6.45) is 1.76. The third-order valence-corrected chi connectivity index (χ3v) is 7.01. The Bertz CT molecular complexity index is 1170. The van der Waals surface area contributed by atoms with Crippen LogP contribution in [0.5, 0.6) is 0 Å². The van der Waals surface area contributed by atoms with Crippen LogP contribution < -0.4 is 0 Å². The molecule has 1 aliphatic heterocycles. The lowest BCUT2D eigenvalue weighted by molar-refractivity contribution is 0.0467. The summed E-state index contributed by atoms with van der Waals surface area (Å²) in [6, 6.07) is 15.3. The fourth-order valence-electron chi connectivity index (χ4n) is 3.14. The lowest BCUT2D eigenvalue weighted by Crippen LogP contribution is -2.40. The van der Waals surface area contributed by atoms with Crippen LogP contribution in [0.1, 0.15) is 16.1 Å². The van der Waals surface area contributed by atoms with Crippen LogP contribution in [0.25, 0.3) is 5.69 Å². The Kier molecular flexibility index (Phi) is 6.38. The predicted octanol–water partition coefficient (Wildman–Crippen LogP) is 2.90. The van der Waals surface area contributed by atoms with E-state index in [1.54, 1.807) is 16.9 Å². The molecule has 0 N–H and O–H groups in total. The lowest BCUT2D eigenvalue weighted by atomic mass is 10.2. The first-order valence-electron chi connectivity index (χ1n) is 9.60. The monoisotopic (exact) mass is 461 g/mol. The summed E-state index contributed by atoms with van der Waals surface area (Å²) in [5.41, 5.74) is 1.41. The highest BCUT2D eigenvalue weighted by atomic mass is 35.5. The number of hydrogen-bond donors (Lipinski definition) is 0. The van der Waals surface area contributed by atoms with Gasteiger partial charge in [0.25, 0.3) is 0 Å². The Labute approximate surface area is 185 Å². The summed E-state index contributed by atoms with van der Waals surface area (Å²) in [5.74, 6) is -0.724. The van der Waals surface area contributed by atoms with E-state index >= 15 is 0 Å². The summed E-state index contributed by atoms with van der Waals surface area (Å²) in [4.78, 5) is 12.6. The van der Waals surface area contributed by atoms with Gasteiger partial charge >= 0.3 is 5.97 Å². The van der Waals surface area contributed by atoms with Gasteiger partial charge in [-0.3, -0.25) is 0 Å². The number of aromatic nitrogens is 2. The number of benzene rings is 2. The van der Waals surface area contributed by atoms with Crippen molar-refractivity contribution in [2.75, 3.05) is 26.3 Å². The number of rotatable bonds is 6. The van der Waals surface area contributed by atoms with Crippen molar-refractivity contribution >= 4 is 27.6 Å². The van der Waals surface area contributed by atoms with E-state index in [0.29, 0.717) is 18.9 Å². The van der Waals surface area contributed by atoms with Crippen LogP contribution >= 0.6 is 11.6 Å². The number of morpholine rings is 1. The molecule has 0 bridgehead atoms. The van der Waals surface area contributed by atoms with Crippen molar-refractivity contribution < 1.29 is 22.7 Å². The van der Waals surface area contributed by atoms with E-state index in [4.69, 9.17) is 21.1 Å². The van der Waals surface area contributed by atoms with Crippen molar-refractivity contribution in [3.8, 4) is 5.69 Å². The van der Waals surface area contributed by atoms with Gasteiger partial charge in [0, 0.05) is 19.3 Å². The number of ether oxygens (including phenoxy) is 2. The largest absolute Gasteiger partial charge is 0.455 e.